The first kappa shape index (κ1) is 17.8. The van der Waals surface area contributed by atoms with Crippen LogP contribution in [0.2, 0.25) is 0 Å². The summed E-state index contributed by atoms with van der Waals surface area (Å²) in [6, 6.07) is 5.72. The molecule has 1 aliphatic heterocycles. The van der Waals surface area contributed by atoms with Crippen molar-refractivity contribution in [1.82, 2.24) is 15.3 Å². The maximum absolute atomic E-state index is 12.6. The zero-order chi connectivity index (χ0) is 19.1. The number of aromatic nitrogens is 2. The molecule has 5 rings (SSSR count). The third-order valence-electron chi connectivity index (χ3n) is 5.03. The fourth-order valence-electron chi connectivity index (χ4n) is 3.59. The van der Waals surface area contributed by atoms with Crippen LogP contribution in [0, 0.1) is 0 Å². The third-order valence-corrected chi connectivity index (χ3v) is 7.33. The molecule has 6 nitrogen and oxygen atoms in total. The monoisotopic (exact) mass is 413 g/mol. The Balaban J connectivity index is 1.27. The molecule has 1 N–H and O–H groups in total. The zero-order valence-electron chi connectivity index (χ0n) is 15.4. The maximum Gasteiger partial charge on any atom is 0.233 e. The summed E-state index contributed by atoms with van der Waals surface area (Å²) in [6.45, 7) is 2.62. The molecule has 8 heteroatoms. The molecule has 1 amide bonds. The molecule has 2 aromatic heterocycles. The van der Waals surface area contributed by atoms with Crippen LogP contribution in [0.4, 0.5) is 0 Å². The van der Waals surface area contributed by atoms with Crippen LogP contribution in [0.15, 0.2) is 29.6 Å². The van der Waals surface area contributed by atoms with Crippen molar-refractivity contribution in [3.8, 4) is 11.5 Å². The molecule has 0 saturated carbocycles. The summed E-state index contributed by atoms with van der Waals surface area (Å²) in [5, 5.41) is 4.83. The highest BCUT2D eigenvalue weighted by Crippen LogP contribution is 2.40. The topological polar surface area (TPSA) is 73.3 Å². The van der Waals surface area contributed by atoms with Gasteiger partial charge in [0.15, 0.2) is 11.5 Å². The Morgan fingerprint density at radius 3 is 3.11 bits per heavy atom. The summed E-state index contributed by atoms with van der Waals surface area (Å²) in [4.78, 5) is 24.0. The second kappa shape index (κ2) is 7.25. The summed E-state index contributed by atoms with van der Waals surface area (Å²) in [6.07, 6.45) is 5.02. The Kier molecular flexibility index (Phi) is 4.60. The van der Waals surface area contributed by atoms with E-state index in [4.69, 9.17) is 9.47 Å². The number of carbonyl (C=O) groups is 1. The molecule has 3 aromatic rings. The van der Waals surface area contributed by atoms with Crippen molar-refractivity contribution < 1.29 is 14.3 Å². The van der Waals surface area contributed by atoms with Crippen molar-refractivity contribution in [2.75, 3.05) is 6.79 Å². The van der Waals surface area contributed by atoms with Crippen molar-refractivity contribution in [3.63, 3.8) is 0 Å². The maximum atomic E-state index is 12.6. The summed E-state index contributed by atoms with van der Waals surface area (Å²) in [5.41, 5.74) is 2.37. The Labute approximate surface area is 170 Å². The lowest BCUT2D eigenvalue weighted by atomic mass is 10.2. The molecule has 0 radical (unpaired) electrons. The summed E-state index contributed by atoms with van der Waals surface area (Å²) in [7, 11) is 0. The van der Waals surface area contributed by atoms with Gasteiger partial charge < -0.3 is 14.8 Å². The van der Waals surface area contributed by atoms with E-state index in [0.29, 0.717) is 6.54 Å². The first-order valence-corrected chi connectivity index (χ1v) is 11.0. The molecular weight excluding hydrogens is 394 g/mol. The number of ether oxygens (including phenoxy) is 2. The van der Waals surface area contributed by atoms with Gasteiger partial charge in [-0.1, -0.05) is 17.8 Å². The van der Waals surface area contributed by atoms with E-state index in [1.54, 1.807) is 17.7 Å². The Hall–Kier alpha value is -2.32. The van der Waals surface area contributed by atoms with Gasteiger partial charge in [-0.05, 0) is 49.4 Å². The summed E-state index contributed by atoms with van der Waals surface area (Å²) in [5.74, 6) is 1.46. The quantitative estimate of drug-likeness (QED) is 0.508. The Bertz CT molecular complexity index is 1070. The van der Waals surface area contributed by atoms with Gasteiger partial charge in [-0.3, -0.25) is 4.79 Å². The van der Waals surface area contributed by atoms with E-state index in [-0.39, 0.29) is 18.0 Å². The van der Waals surface area contributed by atoms with E-state index in [1.165, 1.54) is 28.6 Å². The molecular formula is C20H19N3O3S2. The number of fused-ring (bicyclic) bond motifs is 4. The second-order valence-corrected chi connectivity index (χ2v) is 9.29. The van der Waals surface area contributed by atoms with Crippen LogP contribution in [-0.4, -0.2) is 27.9 Å². The number of thioether (sulfide) groups is 1. The van der Waals surface area contributed by atoms with Crippen LogP contribution in [0.1, 0.15) is 29.3 Å². The average molecular weight is 414 g/mol. The lowest BCUT2D eigenvalue weighted by molar-refractivity contribution is -0.120. The molecule has 28 heavy (non-hydrogen) atoms. The lowest BCUT2D eigenvalue weighted by Gasteiger charge is -2.12. The molecule has 144 valence electrons. The number of rotatable bonds is 5. The summed E-state index contributed by atoms with van der Waals surface area (Å²) >= 11 is 3.27. The Morgan fingerprint density at radius 2 is 2.18 bits per heavy atom. The minimum Gasteiger partial charge on any atom is -0.454 e. The van der Waals surface area contributed by atoms with Crippen LogP contribution in [-0.2, 0) is 24.2 Å². The Morgan fingerprint density at radius 1 is 1.29 bits per heavy atom. The highest BCUT2D eigenvalue weighted by Gasteiger charge is 2.24. The van der Waals surface area contributed by atoms with Crippen molar-refractivity contribution in [3.05, 3.63) is 40.5 Å². The normalized spacial score (nSPS) is 15.6. The third kappa shape index (κ3) is 3.20. The first-order valence-electron chi connectivity index (χ1n) is 9.27. The smallest absolute Gasteiger partial charge is 0.233 e. The van der Waals surface area contributed by atoms with E-state index in [1.807, 2.05) is 25.1 Å². The van der Waals surface area contributed by atoms with Crippen molar-refractivity contribution >= 4 is 39.2 Å². The van der Waals surface area contributed by atoms with E-state index >= 15 is 0 Å². The number of nitrogens with zero attached hydrogens (tertiary/aromatic N) is 2. The fraction of sp³-hybridized carbons (Fsp3) is 0.350. The molecule has 0 saturated heterocycles. The zero-order valence-corrected chi connectivity index (χ0v) is 17.0. The first-order chi connectivity index (χ1) is 13.7. The van der Waals surface area contributed by atoms with Crippen molar-refractivity contribution in [2.24, 2.45) is 0 Å². The van der Waals surface area contributed by atoms with Crippen LogP contribution in [0.3, 0.4) is 0 Å². The molecule has 0 unspecified atom stereocenters. The van der Waals surface area contributed by atoms with Gasteiger partial charge in [0.2, 0.25) is 12.7 Å². The molecule has 2 aliphatic rings. The molecule has 1 aromatic carbocycles. The van der Waals surface area contributed by atoms with Gasteiger partial charge in [-0.15, -0.1) is 11.3 Å². The highest BCUT2D eigenvalue weighted by atomic mass is 32.2. The number of carbonyl (C=O) groups excluding carboxylic acids is 1. The fourth-order valence-corrected chi connectivity index (χ4v) is 5.86. The average Bonchev–Trinajstić information content (AvgIpc) is 3.41. The largest absolute Gasteiger partial charge is 0.454 e. The van der Waals surface area contributed by atoms with Gasteiger partial charge >= 0.3 is 0 Å². The van der Waals surface area contributed by atoms with Crippen LogP contribution in [0.25, 0.3) is 10.2 Å². The molecule has 0 fully saturated rings. The minimum absolute atomic E-state index is 0.0127. The van der Waals surface area contributed by atoms with Crippen molar-refractivity contribution in [1.29, 1.82) is 0 Å². The molecule has 0 bridgehead atoms. The molecule has 3 heterocycles. The predicted octanol–water partition coefficient (Wildman–Crippen LogP) is 3.71. The van der Waals surface area contributed by atoms with Gasteiger partial charge in [0.05, 0.1) is 5.25 Å². The number of hydrogen-bond acceptors (Lipinski definition) is 7. The van der Waals surface area contributed by atoms with E-state index in [9.17, 15) is 4.79 Å². The van der Waals surface area contributed by atoms with Crippen molar-refractivity contribution in [2.45, 2.75) is 43.0 Å². The SMILES string of the molecule is C[C@@H](Sc1ncnc2sc3c(c12)CCC3)C(=O)NCc1ccc2c(c1)OCO2. The predicted molar refractivity (Wildman–Crippen MR) is 109 cm³/mol. The highest BCUT2D eigenvalue weighted by molar-refractivity contribution is 8.00. The standard InChI is InChI=1S/C20H19N3O3S2/c1-11(18(24)21-8-12-5-6-14-15(7-12)26-10-25-14)27-19-17-13-3-2-4-16(13)28-20(17)23-9-22-19/h5-7,9,11H,2-4,8,10H2,1H3,(H,21,24)/t11-/m1/s1. The second-order valence-electron chi connectivity index (χ2n) is 6.88. The van der Waals surface area contributed by atoms with Crippen LogP contribution in [0.5, 0.6) is 11.5 Å². The molecule has 1 atom stereocenters. The number of thiophene rings is 1. The summed E-state index contributed by atoms with van der Waals surface area (Å²) < 4.78 is 10.7. The van der Waals surface area contributed by atoms with E-state index in [2.05, 4.69) is 15.3 Å². The van der Waals surface area contributed by atoms with Gasteiger partial charge in [-0.2, -0.15) is 0 Å². The van der Waals surface area contributed by atoms with Gasteiger partial charge in [0, 0.05) is 16.8 Å². The van der Waals surface area contributed by atoms with Gasteiger partial charge in [-0.25, -0.2) is 9.97 Å². The molecule has 0 spiro atoms. The van der Waals surface area contributed by atoms with Gasteiger partial charge in [0.25, 0.3) is 0 Å². The van der Waals surface area contributed by atoms with E-state index < -0.39 is 0 Å². The number of hydrogen-bond donors (Lipinski definition) is 1. The van der Waals surface area contributed by atoms with Crippen LogP contribution >= 0.6 is 23.1 Å². The molecule has 1 aliphatic carbocycles. The van der Waals surface area contributed by atoms with Crippen LogP contribution < -0.4 is 14.8 Å². The number of amides is 1. The number of nitrogens with one attached hydrogen (secondary N) is 1. The lowest BCUT2D eigenvalue weighted by Crippen LogP contribution is -2.30. The van der Waals surface area contributed by atoms with Gasteiger partial charge in [0.1, 0.15) is 16.2 Å². The minimum atomic E-state index is -0.246. The van der Waals surface area contributed by atoms with E-state index in [0.717, 1.165) is 45.1 Å². The number of aryl methyl sites for hydroxylation is 2. The number of benzene rings is 1.